The second kappa shape index (κ2) is 5.38. The topological polar surface area (TPSA) is 63.2 Å². The second-order valence-corrected chi connectivity index (χ2v) is 6.94. The van der Waals surface area contributed by atoms with E-state index in [-0.39, 0.29) is 4.90 Å². The van der Waals surface area contributed by atoms with E-state index >= 15 is 0 Å². The monoisotopic (exact) mass is 313 g/mol. The number of benzene rings is 1. The summed E-state index contributed by atoms with van der Waals surface area (Å²) in [4.78, 5) is 8.57. The molecule has 22 heavy (non-hydrogen) atoms. The molecule has 0 fully saturated rings. The molecule has 0 aliphatic heterocycles. The number of anilines is 1. The number of fused-ring (bicyclic) bond motifs is 1. The third-order valence-corrected chi connectivity index (χ3v) is 5.21. The Bertz CT molecular complexity index is 925. The number of hydrogen-bond acceptors (Lipinski definition) is 4. The molecule has 0 aliphatic carbocycles. The van der Waals surface area contributed by atoms with Crippen LogP contribution in [0.2, 0.25) is 0 Å². The van der Waals surface area contributed by atoms with E-state index in [0.29, 0.717) is 11.3 Å². The van der Waals surface area contributed by atoms with E-state index in [4.69, 9.17) is 0 Å². The molecule has 0 bridgehead atoms. The summed E-state index contributed by atoms with van der Waals surface area (Å²) >= 11 is 0. The molecule has 0 unspecified atom stereocenters. The zero-order chi connectivity index (χ0) is 15.7. The first kappa shape index (κ1) is 14.5. The number of rotatable bonds is 3. The van der Waals surface area contributed by atoms with E-state index in [1.807, 2.05) is 19.1 Å². The van der Waals surface area contributed by atoms with Gasteiger partial charge in [-0.3, -0.25) is 9.29 Å². The maximum atomic E-state index is 12.9. The van der Waals surface area contributed by atoms with Crippen LogP contribution in [0, 0.1) is 6.92 Å². The van der Waals surface area contributed by atoms with Crippen LogP contribution in [0.4, 0.5) is 5.82 Å². The van der Waals surface area contributed by atoms with Gasteiger partial charge in [0, 0.05) is 24.8 Å². The van der Waals surface area contributed by atoms with Crippen molar-refractivity contribution >= 4 is 26.7 Å². The van der Waals surface area contributed by atoms with Crippen molar-refractivity contribution in [2.24, 2.45) is 0 Å². The van der Waals surface area contributed by atoms with Crippen molar-refractivity contribution in [2.45, 2.75) is 11.8 Å². The van der Waals surface area contributed by atoms with E-state index < -0.39 is 10.0 Å². The first-order chi connectivity index (χ1) is 10.5. The Morgan fingerprint density at radius 2 is 1.86 bits per heavy atom. The molecule has 0 radical (unpaired) electrons. The van der Waals surface area contributed by atoms with Crippen molar-refractivity contribution in [3.05, 3.63) is 60.4 Å². The predicted molar refractivity (Wildman–Crippen MR) is 86.3 cm³/mol. The number of hydrogen-bond donors (Lipinski definition) is 0. The van der Waals surface area contributed by atoms with Crippen LogP contribution in [-0.2, 0) is 10.0 Å². The van der Waals surface area contributed by atoms with Gasteiger partial charge in [-0.25, -0.2) is 13.4 Å². The minimum atomic E-state index is -3.72. The maximum Gasteiger partial charge on any atom is 0.267 e. The lowest BCUT2D eigenvalue weighted by Gasteiger charge is -2.19. The summed E-state index contributed by atoms with van der Waals surface area (Å²) in [5.41, 5.74) is 1.45. The summed E-state index contributed by atoms with van der Waals surface area (Å²) in [5, 5.41) is 0.801. The minimum Gasteiger partial charge on any atom is -0.255 e. The van der Waals surface area contributed by atoms with E-state index in [9.17, 15) is 8.42 Å². The Morgan fingerprint density at radius 1 is 1.05 bits per heavy atom. The summed E-state index contributed by atoms with van der Waals surface area (Å²) < 4.78 is 26.9. The summed E-state index contributed by atoms with van der Waals surface area (Å²) in [6.07, 6.45) is 3.23. The highest BCUT2D eigenvalue weighted by Crippen LogP contribution is 2.26. The lowest BCUT2D eigenvalue weighted by Crippen LogP contribution is -2.27. The number of sulfonamides is 1. The third-order valence-electron chi connectivity index (χ3n) is 3.42. The molecule has 0 saturated carbocycles. The molecular formula is C16H15N3O2S. The molecule has 0 saturated heterocycles. The second-order valence-electron chi connectivity index (χ2n) is 5.00. The largest absolute Gasteiger partial charge is 0.267 e. The van der Waals surface area contributed by atoms with E-state index in [0.717, 1.165) is 10.9 Å². The highest BCUT2D eigenvalue weighted by atomic mass is 32.2. The normalized spacial score (nSPS) is 11.5. The van der Waals surface area contributed by atoms with Crippen molar-refractivity contribution < 1.29 is 8.42 Å². The number of pyridine rings is 2. The predicted octanol–water partition coefficient (Wildman–Crippen LogP) is 2.76. The first-order valence-corrected chi connectivity index (χ1v) is 8.19. The number of aryl methyl sites for hydroxylation is 1. The van der Waals surface area contributed by atoms with Gasteiger partial charge >= 0.3 is 0 Å². The van der Waals surface area contributed by atoms with Crippen LogP contribution in [0.25, 0.3) is 10.9 Å². The van der Waals surface area contributed by atoms with Gasteiger partial charge in [0.15, 0.2) is 0 Å². The average Bonchev–Trinajstić information content (AvgIpc) is 2.54. The molecule has 0 amide bonds. The van der Waals surface area contributed by atoms with Crippen molar-refractivity contribution in [3.8, 4) is 0 Å². The minimum absolute atomic E-state index is 0.179. The van der Waals surface area contributed by atoms with Crippen molar-refractivity contribution in [1.82, 2.24) is 9.97 Å². The summed E-state index contributed by atoms with van der Waals surface area (Å²) in [6.45, 7) is 1.92. The van der Waals surface area contributed by atoms with E-state index in [2.05, 4.69) is 9.97 Å². The number of para-hydroxylation sites is 1. The number of aromatic nitrogens is 2. The van der Waals surface area contributed by atoms with Gasteiger partial charge in [0.25, 0.3) is 10.0 Å². The number of nitrogens with zero attached hydrogens (tertiary/aromatic N) is 3. The molecule has 5 nitrogen and oxygen atoms in total. The SMILES string of the molecule is Cc1cnc2c(S(=O)(=O)N(C)c3ccccn3)cccc2c1. The molecule has 1 aromatic carbocycles. The van der Waals surface area contributed by atoms with Crippen molar-refractivity contribution in [1.29, 1.82) is 0 Å². The smallest absolute Gasteiger partial charge is 0.255 e. The molecule has 6 heteroatoms. The molecule has 0 aliphatic rings. The van der Waals surface area contributed by atoms with Gasteiger partial charge in [0.1, 0.15) is 10.7 Å². The Labute approximate surface area is 129 Å². The quantitative estimate of drug-likeness (QED) is 0.746. The Balaban J connectivity index is 2.18. The van der Waals surface area contributed by atoms with Crippen LogP contribution >= 0.6 is 0 Å². The highest BCUT2D eigenvalue weighted by molar-refractivity contribution is 7.93. The van der Waals surface area contributed by atoms with Crippen LogP contribution in [0.3, 0.4) is 0 Å². The fourth-order valence-corrected chi connectivity index (χ4v) is 3.58. The zero-order valence-corrected chi connectivity index (χ0v) is 13.1. The summed E-state index contributed by atoms with van der Waals surface area (Å²) in [7, 11) is -2.23. The Hall–Kier alpha value is -2.47. The standard InChI is InChI=1S/C16H15N3O2S/c1-12-10-13-6-5-7-14(16(13)18-11-12)22(20,21)19(2)15-8-3-4-9-17-15/h3-11H,1-2H3. The molecule has 112 valence electrons. The molecule has 0 N–H and O–H groups in total. The summed E-state index contributed by atoms with van der Waals surface area (Å²) in [6, 6.07) is 12.2. The molecule has 3 rings (SSSR count). The Kier molecular flexibility index (Phi) is 3.54. The van der Waals surface area contributed by atoms with Crippen LogP contribution in [0.1, 0.15) is 5.56 Å². The van der Waals surface area contributed by atoms with E-state index in [1.54, 1.807) is 42.7 Å². The van der Waals surface area contributed by atoms with E-state index in [1.165, 1.54) is 11.4 Å². The molecule has 3 aromatic rings. The Morgan fingerprint density at radius 3 is 2.59 bits per heavy atom. The molecule has 0 atom stereocenters. The van der Waals surface area contributed by atoms with Gasteiger partial charge in [-0.05, 0) is 36.8 Å². The van der Waals surface area contributed by atoms with Crippen LogP contribution in [0.15, 0.2) is 59.8 Å². The fraction of sp³-hybridized carbons (Fsp3) is 0.125. The van der Waals surface area contributed by atoms with Gasteiger partial charge in [0.05, 0.1) is 5.52 Å². The molecule has 0 spiro atoms. The summed E-state index contributed by atoms with van der Waals surface area (Å²) in [5.74, 6) is 0.367. The van der Waals surface area contributed by atoms with Crippen molar-refractivity contribution in [2.75, 3.05) is 11.4 Å². The molecular weight excluding hydrogens is 298 g/mol. The van der Waals surface area contributed by atoms with Gasteiger partial charge < -0.3 is 0 Å². The first-order valence-electron chi connectivity index (χ1n) is 6.75. The van der Waals surface area contributed by atoms with Crippen LogP contribution in [-0.4, -0.2) is 25.4 Å². The van der Waals surface area contributed by atoms with Crippen LogP contribution in [0.5, 0.6) is 0 Å². The molecule has 2 aromatic heterocycles. The van der Waals surface area contributed by atoms with Gasteiger partial charge in [-0.1, -0.05) is 18.2 Å². The third kappa shape index (κ3) is 2.42. The van der Waals surface area contributed by atoms with Gasteiger partial charge in [-0.15, -0.1) is 0 Å². The molecule has 2 heterocycles. The van der Waals surface area contributed by atoms with Crippen LogP contribution < -0.4 is 4.31 Å². The zero-order valence-electron chi connectivity index (χ0n) is 12.3. The maximum absolute atomic E-state index is 12.9. The van der Waals surface area contributed by atoms with Gasteiger partial charge in [0.2, 0.25) is 0 Å². The fourth-order valence-electron chi connectivity index (χ4n) is 2.26. The van der Waals surface area contributed by atoms with Gasteiger partial charge in [-0.2, -0.15) is 0 Å². The lowest BCUT2D eigenvalue weighted by molar-refractivity contribution is 0.594. The van der Waals surface area contributed by atoms with Crippen molar-refractivity contribution in [3.63, 3.8) is 0 Å². The lowest BCUT2D eigenvalue weighted by atomic mass is 10.2. The average molecular weight is 313 g/mol. The highest BCUT2D eigenvalue weighted by Gasteiger charge is 2.24.